The second kappa shape index (κ2) is 7.05. The van der Waals surface area contributed by atoms with Crippen LogP contribution in [0.1, 0.15) is 0 Å². The fraction of sp³-hybridized carbons (Fsp3) is 0.800. The summed E-state index contributed by atoms with van der Waals surface area (Å²) in [4.78, 5) is 5.10. The van der Waals surface area contributed by atoms with Gasteiger partial charge in [-0.25, -0.2) is 0 Å². The first kappa shape index (κ1) is 15.1. The summed E-state index contributed by atoms with van der Waals surface area (Å²) in [6, 6.07) is 0. The largest absolute Gasteiger partial charge is 0.673 e. The number of nitrogens with one attached hydrogen (secondary N) is 1. The molecule has 0 amide bonds. The van der Waals surface area contributed by atoms with Crippen molar-refractivity contribution in [3.05, 3.63) is 0 Å². The van der Waals surface area contributed by atoms with Crippen LogP contribution in [0, 0.1) is 0 Å². The van der Waals surface area contributed by atoms with Crippen molar-refractivity contribution in [3.8, 4) is 0 Å². The lowest BCUT2D eigenvalue weighted by Gasteiger charge is -2.02. The lowest BCUT2D eigenvalue weighted by atomic mass is 10.3. The Morgan fingerprint density at radius 3 is 1.54 bits per heavy atom. The topological polar surface area (TPSA) is 17.2 Å². The van der Waals surface area contributed by atoms with E-state index in [1.165, 1.54) is 5.17 Å². The Morgan fingerprint density at radius 1 is 1.23 bits per heavy atom. The van der Waals surface area contributed by atoms with E-state index in [4.69, 9.17) is 0 Å². The molecule has 2 nitrogen and oxygen atoms in total. The third-order valence-corrected chi connectivity index (χ3v) is 1.77. The molecule has 0 aromatic heterocycles. The molecule has 0 aromatic rings. The predicted octanol–water partition coefficient (Wildman–Crippen LogP) is 0.277. The van der Waals surface area contributed by atoms with Gasteiger partial charge in [-0.2, -0.15) is 0 Å². The molecule has 0 aliphatic heterocycles. The third-order valence-electron chi connectivity index (χ3n) is 0.813. The van der Waals surface area contributed by atoms with Gasteiger partial charge in [0, 0.05) is 0 Å². The maximum atomic E-state index is 9.75. The van der Waals surface area contributed by atoms with E-state index in [1.807, 2.05) is 32.3 Å². The van der Waals surface area contributed by atoms with Gasteiger partial charge in [0.15, 0.2) is 0 Å². The molecule has 0 bridgehead atoms. The van der Waals surface area contributed by atoms with Crippen LogP contribution in [-0.4, -0.2) is 44.7 Å². The molecule has 0 aliphatic rings. The molecular formula is C5H13BF4N2S. The zero-order chi connectivity index (χ0) is 11.1. The van der Waals surface area contributed by atoms with E-state index in [2.05, 4.69) is 4.99 Å². The van der Waals surface area contributed by atoms with E-state index in [0.717, 1.165) is 0 Å². The summed E-state index contributed by atoms with van der Waals surface area (Å²) >= 11 is 1.71. The number of hydrogen-bond acceptors (Lipinski definition) is 1. The summed E-state index contributed by atoms with van der Waals surface area (Å²) in [5.74, 6) is 0. The fourth-order valence-corrected chi connectivity index (χ4v) is 1.08. The van der Waals surface area contributed by atoms with Crippen LogP contribution in [0.15, 0.2) is 0 Å². The van der Waals surface area contributed by atoms with Gasteiger partial charge >= 0.3 is 12.4 Å². The van der Waals surface area contributed by atoms with Gasteiger partial charge in [-0.3, -0.25) is 9.89 Å². The summed E-state index contributed by atoms with van der Waals surface area (Å²) in [5.41, 5.74) is 0. The van der Waals surface area contributed by atoms with Crippen LogP contribution in [0.2, 0.25) is 0 Å². The molecule has 0 saturated carbocycles. The van der Waals surface area contributed by atoms with Crippen LogP contribution in [0.25, 0.3) is 0 Å². The van der Waals surface area contributed by atoms with Crippen molar-refractivity contribution in [2.45, 2.75) is 0 Å². The molecule has 0 spiro atoms. The lowest BCUT2D eigenvalue weighted by Crippen LogP contribution is -2.70. The minimum Gasteiger partial charge on any atom is -0.418 e. The van der Waals surface area contributed by atoms with Gasteiger partial charge < -0.3 is 17.3 Å². The molecule has 8 heteroatoms. The second-order valence-corrected chi connectivity index (χ2v) is 2.94. The van der Waals surface area contributed by atoms with Crippen LogP contribution in [0.5, 0.6) is 0 Å². The molecular weight excluding hydrogens is 207 g/mol. The zero-order valence-corrected chi connectivity index (χ0v) is 8.76. The highest BCUT2D eigenvalue weighted by Crippen LogP contribution is 2.06. The molecule has 13 heavy (non-hydrogen) atoms. The van der Waals surface area contributed by atoms with Gasteiger partial charge in [0.05, 0.1) is 21.1 Å². The molecule has 0 radical (unpaired) electrons. The predicted molar refractivity (Wildman–Crippen MR) is 49.3 cm³/mol. The van der Waals surface area contributed by atoms with Gasteiger partial charge in [0.1, 0.15) is 0 Å². The second-order valence-electron chi connectivity index (χ2n) is 2.15. The van der Waals surface area contributed by atoms with Crippen LogP contribution in [0.3, 0.4) is 0 Å². The Labute approximate surface area is 79.5 Å². The number of halogens is 4. The minimum absolute atomic E-state index is 1.19. The number of nitrogens with zero attached hydrogens (tertiary/aromatic N) is 1. The summed E-state index contributed by atoms with van der Waals surface area (Å²) in [7, 11) is -0.0451. The number of amidine groups is 1. The molecule has 80 valence electrons. The van der Waals surface area contributed by atoms with E-state index >= 15 is 0 Å². The molecule has 0 atom stereocenters. The molecule has 0 saturated heterocycles. The van der Waals surface area contributed by atoms with E-state index < -0.39 is 7.25 Å². The number of thioether (sulfide) groups is 1. The molecule has 0 unspecified atom stereocenters. The molecule has 0 fully saturated rings. The van der Waals surface area contributed by atoms with E-state index in [0.29, 0.717) is 0 Å². The summed E-state index contributed by atoms with van der Waals surface area (Å²) in [6.45, 7) is 0. The first-order valence-corrected chi connectivity index (χ1v) is 4.58. The first-order valence-electron chi connectivity index (χ1n) is 3.35. The Hall–Kier alpha value is -0.395. The average Bonchev–Trinajstić information content (AvgIpc) is 1.85. The number of rotatable bonds is 0. The summed E-state index contributed by atoms with van der Waals surface area (Å²) in [6.07, 6.45) is 2.05. The van der Waals surface area contributed by atoms with Gasteiger partial charge in [-0.1, -0.05) is 0 Å². The van der Waals surface area contributed by atoms with Crippen molar-refractivity contribution in [1.82, 2.24) is 4.90 Å². The molecule has 0 aliphatic carbocycles. The van der Waals surface area contributed by atoms with Crippen molar-refractivity contribution in [2.75, 3.05) is 27.4 Å². The van der Waals surface area contributed by atoms with Crippen molar-refractivity contribution >= 4 is 24.2 Å². The first-order chi connectivity index (χ1) is 5.72. The Morgan fingerprint density at radius 2 is 1.54 bits per heavy atom. The monoisotopic (exact) mass is 220 g/mol. The van der Waals surface area contributed by atoms with Gasteiger partial charge in [-0.15, -0.1) is 0 Å². The van der Waals surface area contributed by atoms with Crippen LogP contribution in [0.4, 0.5) is 17.3 Å². The Bertz CT molecular complexity index is 153. The quantitative estimate of drug-likeness (QED) is 0.273. The number of hydrogen-bond donors (Lipinski definition) is 1. The fourth-order valence-electron chi connectivity index (χ4n) is 0.508. The van der Waals surface area contributed by atoms with E-state index in [9.17, 15) is 17.3 Å². The van der Waals surface area contributed by atoms with Gasteiger partial charge in [-0.05, 0) is 18.0 Å². The molecule has 0 heterocycles. The molecule has 0 aromatic carbocycles. The third kappa shape index (κ3) is 18.5. The zero-order valence-electron chi connectivity index (χ0n) is 7.94. The van der Waals surface area contributed by atoms with Crippen molar-refractivity contribution in [2.24, 2.45) is 0 Å². The molecule has 1 N–H and O–H groups in total. The van der Waals surface area contributed by atoms with Crippen LogP contribution < -0.4 is 4.99 Å². The van der Waals surface area contributed by atoms with E-state index in [1.54, 1.807) is 11.8 Å². The normalized spacial score (nSPS) is 11.8. The molecule has 0 rings (SSSR count). The van der Waals surface area contributed by atoms with Crippen molar-refractivity contribution in [3.63, 3.8) is 0 Å². The Balaban J connectivity index is 0. The highest BCUT2D eigenvalue weighted by molar-refractivity contribution is 8.12. The average molecular weight is 220 g/mol. The van der Waals surface area contributed by atoms with Gasteiger partial charge in [0.2, 0.25) is 0 Å². The highest BCUT2D eigenvalue weighted by atomic mass is 32.2. The summed E-state index contributed by atoms with van der Waals surface area (Å²) < 4.78 is 39.0. The van der Waals surface area contributed by atoms with Crippen LogP contribution in [-0.2, 0) is 0 Å². The van der Waals surface area contributed by atoms with Crippen molar-refractivity contribution in [1.29, 1.82) is 0 Å². The smallest absolute Gasteiger partial charge is 0.418 e. The minimum atomic E-state index is -6.00. The van der Waals surface area contributed by atoms with Crippen molar-refractivity contribution < 1.29 is 22.3 Å². The maximum Gasteiger partial charge on any atom is 0.673 e. The van der Waals surface area contributed by atoms with Gasteiger partial charge in [0.25, 0.3) is 0 Å². The lowest BCUT2D eigenvalue weighted by molar-refractivity contribution is -0.422. The SMILES string of the molecule is C/[NH+]=C(\SC)N(C)C.F[B-](F)(F)F. The standard InChI is InChI=1S/C5H12N2S.BF4/c1-6-5(8-4)7(2)3;2-1(3,4)5/h1-4H3;/q;-1/p+1/b6-5-;. The summed E-state index contributed by atoms with van der Waals surface area (Å²) in [5, 5.41) is 1.19. The highest BCUT2D eigenvalue weighted by Gasteiger charge is 2.20. The maximum absolute atomic E-state index is 9.75. The Kier molecular flexibility index (Phi) is 8.19. The van der Waals surface area contributed by atoms with Crippen LogP contribution >= 0.6 is 11.8 Å². The van der Waals surface area contributed by atoms with E-state index in [-0.39, 0.29) is 0 Å².